The van der Waals surface area contributed by atoms with Crippen molar-refractivity contribution in [2.24, 2.45) is 0 Å². The van der Waals surface area contributed by atoms with Gasteiger partial charge in [-0.05, 0) is 36.2 Å². The highest BCUT2D eigenvalue weighted by Crippen LogP contribution is 2.25. The largest absolute Gasteiger partial charge is 0.508 e. The Balaban J connectivity index is 1.36. The summed E-state index contributed by atoms with van der Waals surface area (Å²) >= 11 is 0. The number of phenols is 1. The monoisotopic (exact) mass is 379 g/mol. The summed E-state index contributed by atoms with van der Waals surface area (Å²) in [5.74, 6) is 0.805. The van der Waals surface area contributed by atoms with Crippen LogP contribution in [0.5, 0.6) is 5.75 Å². The van der Waals surface area contributed by atoms with Crippen molar-refractivity contribution in [3.05, 3.63) is 66.2 Å². The van der Waals surface area contributed by atoms with E-state index in [-0.39, 0.29) is 23.7 Å². The first-order chi connectivity index (χ1) is 13.6. The Labute approximate surface area is 162 Å². The molecular formula is C20H21N5O3. The molecule has 1 amide bonds. The van der Waals surface area contributed by atoms with Crippen LogP contribution in [0.3, 0.4) is 0 Å². The van der Waals surface area contributed by atoms with Gasteiger partial charge in [-0.15, -0.1) is 0 Å². The van der Waals surface area contributed by atoms with Gasteiger partial charge in [-0.2, -0.15) is 0 Å². The van der Waals surface area contributed by atoms with Gasteiger partial charge in [0.25, 0.3) is 0 Å². The zero-order chi connectivity index (χ0) is 19.5. The van der Waals surface area contributed by atoms with Gasteiger partial charge in [0.05, 0.1) is 6.54 Å². The van der Waals surface area contributed by atoms with Gasteiger partial charge in [-0.25, -0.2) is 10.9 Å². The molecule has 1 aliphatic heterocycles. The number of hydrogen-bond acceptors (Lipinski definition) is 7. The maximum Gasteiger partial charge on any atom is 0.241 e. The lowest BCUT2D eigenvalue weighted by molar-refractivity contribution is -0.132. The molecule has 2 aromatic heterocycles. The molecule has 2 atom stereocenters. The Morgan fingerprint density at radius 3 is 2.71 bits per heavy atom. The van der Waals surface area contributed by atoms with E-state index in [1.165, 1.54) is 0 Å². The van der Waals surface area contributed by atoms with Crippen molar-refractivity contribution in [3.63, 3.8) is 0 Å². The molecule has 0 saturated carbocycles. The van der Waals surface area contributed by atoms with Gasteiger partial charge < -0.3 is 14.5 Å². The van der Waals surface area contributed by atoms with Crippen LogP contribution >= 0.6 is 0 Å². The molecule has 3 N–H and O–H groups in total. The first kappa shape index (κ1) is 18.1. The van der Waals surface area contributed by atoms with Gasteiger partial charge >= 0.3 is 0 Å². The van der Waals surface area contributed by atoms with Crippen LogP contribution in [-0.2, 0) is 11.3 Å². The topological polar surface area (TPSA) is 104 Å². The van der Waals surface area contributed by atoms with E-state index in [4.69, 9.17) is 4.52 Å². The third kappa shape index (κ3) is 3.88. The van der Waals surface area contributed by atoms with Crippen LogP contribution in [0.15, 0.2) is 59.4 Å². The first-order valence-corrected chi connectivity index (χ1v) is 9.01. The van der Waals surface area contributed by atoms with E-state index >= 15 is 0 Å². The fourth-order valence-electron chi connectivity index (χ4n) is 3.27. The van der Waals surface area contributed by atoms with Crippen molar-refractivity contribution < 1.29 is 14.4 Å². The van der Waals surface area contributed by atoms with Gasteiger partial charge in [0.2, 0.25) is 5.91 Å². The number of carbonyl (C=O) groups is 1. The molecular weight excluding hydrogens is 358 g/mol. The lowest BCUT2D eigenvalue weighted by atomic mass is 10.0. The quantitative estimate of drug-likeness (QED) is 0.623. The van der Waals surface area contributed by atoms with Crippen molar-refractivity contribution in [1.29, 1.82) is 0 Å². The number of nitrogens with one attached hydrogen (secondary N) is 2. The normalized spacial score (nSPS) is 18.9. The molecule has 0 radical (unpaired) electrons. The summed E-state index contributed by atoms with van der Waals surface area (Å²) in [6.45, 7) is 0.332. The van der Waals surface area contributed by atoms with Crippen molar-refractivity contribution in [2.45, 2.75) is 25.0 Å². The predicted octanol–water partition coefficient (Wildman–Crippen LogP) is 2.01. The van der Waals surface area contributed by atoms with Crippen LogP contribution in [-0.4, -0.2) is 39.1 Å². The van der Waals surface area contributed by atoms with E-state index in [0.29, 0.717) is 24.4 Å². The average molecular weight is 379 g/mol. The van der Waals surface area contributed by atoms with Crippen molar-refractivity contribution in [1.82, 2.24) is 25.9 Å². The van der Waals surface area contributed by atoms with Crippen molar-refractivity contribution in [3.8, 4) is 17.0 Å². The second kappa shape index (κ2) is 7.79. The third-order valence-electron chi connectivity index (χ3n) is 4.80. The van der Waals surface area contributed by atoms with E-state index in [1.54, 1.807) is 36.5 Å². The minimum Gasteiger partial charge on any atom is -0.508 e. The van der Waals surface area contributed by atoms with Gasteiger partial charge in [-0.1, -0.05) is 17.3 Å². The van der Waals surface area contributed by atoms with Crippen LogP contribution < -0.4 is 10.9 Å². The van der Waals surface area contributed by atoms with Gasteiger partial charge in [0, 0.05) is 37.1 Å². The molecule has 28 heavy (non-hydrogen) atoms. The number of aromatic hydroxyl groups is 1. The summed E-state index contributed by atoms with van der Waals surface area (Å²) in [6.07, 6.45) is 4.01. The summed E-state index contributed by atoms with van der Waals surface area (Å²) in [6, 6.07) is 12.2. The Morgan fingerprint density at radius 1 is 1.21 bits per heavy atom. The van der Waals surface area contributed by atoms with Crippen LogP contribution in [0, 0.1) is 0 Å². The summed E-state index contributed by atoms with van der Waals surface area (Å²) in [4.78, 5) is 18.4. The third-order valence-corrected chi connectivity index (χ3v) is 4.80. The molecule has 8 nitrogen and oxygen atoms in total. The summed E-state index contributed by atoms with van der Waals surface area (Å²) in [5.41, 5.74) is 8.85. The van der Waals surface area contributed by atoms with E-state index in [0.717, 1.165) is 11.1 Å². The summed E-state index contributed by atoms with van der Waals surface area (Å²) in [5, 5.41) is 13.5. The maximum absolute atomic E-state index is 12.8. The van der Waals surface area contributed by atoms with E-state index in [1.807, 2.05) is 30.3 Å². The molecule has 8 heteroatoms. The van der Waals surface area contributed by atoms with Gasteiger partial charge in [0.1, 0.15) is 17.5 Å². The smallest absolute Gasteiger partial charge is 0.241 e. The molecule has 2 unspecified atom stereocenters. The van der Waals surface area contributed by atoms with E-state index in [2.05, 4.69) is 21.0 Å². The number of carbonyl (C=O) groups excluding carboxylic acids is 1. The van der Waals surface area contributed by atoms with Crippen LogP contribution in [0.2, 0.25) is 0 Å². The number of hydrazine groups is 1. The highest BCUT2D eigenvalue weighted by Gasteiger charge is 2.32. The molecule has 0 spiro atoms. The number of rotatable bonds is 5. The molecule has 1 fully saturated rings. The van der Waals surface area contributed by atoms with Crippen LogP contribution in [0.4, 0.5) is 0 Å². The van der Waals surface area contributed by atoms with Gasteiger partial charge in [0.15, 0.2) is 5.76 Å². The first-order valence-electron chi connectivity index (χ1n) is 9.01. The van der Waals surface area contributed by atoms with Crippen LogP contribution in [0.1, 0.15) is 23.8 Å². The van der Waals surface area contributed by atoms with Crippen molar-refractivity contribution in [2.75, 3.05) is 7.05 Å². The number of pyridine rings is 1. The molecule has 0 aliphatic carbocycles. The predicted molar refractivity (Wildman–Crippen MR) is 102 cm³/mol. The summed E-state index contributed by atoms with van der Waals surface area (Å²) < 4.78 is 5.38. The van der Waals surface area contributed by atoms with E-state index < -0.39 is 0 Å². The minimum absolute atomic E-state index is 0.00604. The highest BCUT2D eigenvalue weighted by atomic mass is 16.5. The van der Waals surface area contributed by atoms with Crippen molar-refractivity contribution >= 4 is 5.91 Å². The Bertz CT molecular complexity index is 942. The lowest BCUT2D eigenvalue weighted by Crippen LogP contribution is -2.43. The van der Waals surface area contributed by atoms with E-state index in [9.17, 15) is 9.90 Å². The molecule has 1 aromatic carbocycles. The maximum atomic E-state index is 12.8. The second-order valence-corrected chi connectivity index (χ2v) is 6.83. The highest BCUT2D eigenvalue weighted by molar-refractivity contribution is 5.82. The number of nitrogens with zero attached hydrogens (tertiary/aromatic N) is 3. The number of aromatic nitrogens is 2. The number of hydrogen-bond donors (Lipinski definition) is 3. The fourth-order valence-corrected chi connectivity index (χ4v) is 3.27. The number of amides is 1. The summed E-state index contributed by atoms with van der Waals surface area (Å²) in [7, 11) is 1.74. The second-order valence-electron chi connectivity index (χ2n) is 6.83. The Hall–Kier alpha value is -3.23. The van der Waals surface area contributed by atoms with Gasteiger partial charge in [-0.3, -0.25) is 9.78 Å². The molecule has 144 valence electrons. The fraction of sp³-hybridized carbons (Fsp3) is 0.250. The molecule has 1 aliphatic rings. The van der Waals surface area contributed by atoms with Crippen LogP contribution in [0.25, 0.3) is 11.3 Å². The zero-order valence-electron chi connectivity index (χ0n) is 15.4. The minimum atomic E-state index is -0.341. The number of likely N-dealkylation sites (N-methyl/N-ethyl adjacent to an activating group) is 1. The lowest BCUT2D eigenvalue weighted by Gasteiger charge is -2.19. The molecule has 4 rings (SSSR count). The molecule has 3 aromatic rings. The average Bonchev–Trinajstić information content (AvgIpc) is 3.39. The molecule has 1 saturated heterocycles. The standard InChI is InChI=1S/C20H21N5O3/c1-25(12-16-10-18(24-28-16)14-6-8-21-9-7-14)20(27)19-11-17(22-23-19)13-2-4-15(26)5-3-13/h2-10,17,19,22-23,26H,11-12H2,1H3. The Kier molecular flexibility index (Phi) is 5.05. The zero-order valence-corrected chi connectivity index (χ0v) is 15.4. The number of phenolic OH excluding ortho intramolecular Hbond substituents is 1. The SMILES string of the molecule is CN(Cc1cc(-c2ccncc2)no1)C(=O)C1CC(c2ccc(O)cc2)NN1. The molecule has 0 bridgehead atoms. The molecule has 3 heterocycles. The number of benzene rings is 1. The Morgan fingerprint density at radius 2 is 1.96 bits per heavy atom.